The summed E-state index contributed by atoms with van der Waals surface area (Å²) in [6.07, 6.45) is 7.64. The Balaban J connectivity index is 1.62. The van der Waals surface area contributed by atoms with Crippen molar-refractivity contribution in [2.24, 2.45) is 5.92 Å². The molecule has 2 heterocycles. The van der Waals surface area contributed by atoms with E-state index in [2.05, 4.69) is 9.55 Å². The SMILES string of the molecule is COc1ccc(C(=O)N2CCC(Cn3ccnc3)CC2)c(OC)c1. The van der Waals surface area contributed by atoms with Crippen molar-refractivity contribution in [2.75, 3.05) is 27.3 Å². The molecule has 0 bridgehead atoms. The van der Waals surface area contributed by atoms with Crippen molar-refractivity contribution in [2.45, 2.75) is 19.4 Å². The standard InChI is InChI=1S/C18H23N3O3/c1-23-15-3-4-16(17(11-15)24-2)18(22)21-8-5-14(6-9-21)12-20-10-7-19-13-20/h3-4,7,10-11,13-14H,5-6,8-9,12H2,1-2H3. The van der Waals surface area contributed by atoms with E-state index in [9.17, 15) is 4.79 Å². The van der Waals surface area contributed by atoms with Gasteiger partial charge in [0, 0.05) is 38.1 Å². The molecule has 128 valence electrons. The molecular formula is C18H23N3O3. The van der Waals surface area contributed by atoms with Crippen LogP contribution in [0.25, 0.3) is 0 Å². The van der Waals surface area contributed by atoms with Crippen LogP contribution in [-0.4, -0.2) is 47.7 Å². The maximum Gasteiger partial charge on any atom is 0.257 e. The first kappa shape index (κ1) is 16.4. The van der Waals surface area contributed by atoms with Gasteiger partial charge in [-0.2, -0.15) is 0 Å². The highest BCUT2D eigenvalue weighted by Gasteiger charge is 2.25. The Morgan fingerprint density at radius 2 is 2.04 bits per heavy atom. The fraction of sp³-hybridized carbons (Fsp3) is 0.444. The summed E-state index contributed by atoms with van der Waals surface area (Å²) in [5.41, 5.74) is 0.589. The Hall–Kier alpha value is -2.50. The molecule has 1 aromatic carbocycles. The van der Waals surface area contributed by atoms with E-state index in [1.54, 1.807) is 38.6 Å². The quantitative estimate of drug-likeness (QED) is 0.845. The second-order valence-corrected chi connectivity index (χ2v) is 6.06. The molecule has 0 N–H and O–H groups in total. The first-order valence-corrected chi connectivity index (χ1v) is 8.18. The van der Waals surface area contributed by atoms with Gasteiger partial charge in [0.25, 0.3) is 5.91 Å². The van der Waals surface area contributed by atoms with Crippen molar-refractivity contribution in [1.82, 2.24) is 14.5 Å². The first-order chi connectivity index (χ1) is 11.7. The van der Waals surface area contributed by atoms with Crippen molar-refractivity contribution < 1.29 is 14.3 Å². The van der Waals surface area contributed by atoms with Gasteiger partial charge in [0.05, 0.1) is 26.1 Å². The van der Waals surface area contributed by atoms with Gasteiger partial charge in [-0.25, -0.2) is 4.98 Å². The van der Waals surface area contributed by atoms with Gasteiger partial charge in [0.2, 0.25) is 0 Å². The molecule has 2 aromatic rings. The molecule has 1 saturated heterocycles. The molecule has 24 heavy (non-hydrogen) atoms. The highest BCUT2D eigenvalue weighted by atomic mass is 16.5. The smallest absolute Gasteiger partial charge is 0.257 e. The number of hydrogen-bond donors (Lipinski definition) is 0. The maximum absolute atomic E-state index is 12.8. The lowest BCUT2D eigenvalue weighted by Gasteiger charge is -2.32. The van der Waals surface area contributed by atoms with E-state index in [0.717, 1.165) is 32.5 Å². The Kier molecular flexibility index (Phi) is 5.03. The molecule has 6 nitrogen and oxygen atoms in total. The number of piperidine rings is 1. The fourth-order valence-electron chi connectivity index (χ4n) is 3.16. The van der Waals surface area contributed by atoms with E-state index in [4.69, 9.17) is 9.47 Å². The summed E-state index contributed by atoms with van der Waals surface area (Å²) < 4.78 is 12.6. The maximum atomic E-state index is 12.8. The third-order valence-corrected chi connectivity index (χ3v) is 4.57. The summed E-state index contributed by atoms with van der Waals surface area (Å²) in [6.45, 7) is 2.51. The second kappa shape index (κ2) is 7.38. The molecule has 1 fully saturated rings. The predicted octanol–water partition coefficient (Wildman–Crippen LogP) is 2.45. The Bertz CT molecular complexity index is 677. The van der Waals surface area contributed by atoms with Crippen LogP contribution in [0.2, 0.25) is 0 Å². The molecule has 1 amide bonds. The molecule has 1 aliphatic heterocycles. The number of aromatic nitrogens is 2. The van der Waals surface area contributed by atoms with Crippen LogP contribution < -0.4 is 9.47 Å². The molecular weight excluding hydrogens is 306 g/mol. The zero-order valence-electron chi connectivity index (χ0n) is 14.1. The molecule has 0 unspecified atom stereocenters. The van der Waals surface area contributed by atoms with Crippen LogP contribution in [0, 0.1) is 5.92 Å². The largest absolute Gasteiger partial charge is 0.497 e. The van der Waals surface area contributed by atoms with Gasteiger partial charge in [-0.15, -0.1) is 0 Å². The number of amides is 1. The van der Waals surface area contributed by atoms with Crippen LogP contribution in [0.4, 0.5) is 0 Å². The van der Waals surface area contributed by atoms with Crippen LogP contribution in [0.5, 0.6) is 11.5 Å². The van der Waals surface area contributed by atoms with Gasteiger partial charge in [-0.3, -0.25) is 4.79 Å². The summed E-state index contributed by atoms with van der Waals surface area (Å²) in [6, 6.07) is 5.32. The third kappa shape index (κ3) is 3.53. The van der Waals surface area contributed by atoms with E-state index < -0.39 is 0 Å². The summed E-state index contributed by atoms with van der Waals surface area (Å²) in [7, 11) is 3.17. The van der Waals surface area contributed by atoms with E-state index in [1.165, 1.54) is 0 Å². The summed E-state index contributed by atoms with van der Waals surface area (Å²) >= 11 is 0. The molecule has 0 atom stereocenters. The van der Waals surface area contributed by atoms with Gasteiger partial charge in [-0.1, -0.05) is 0 Å². The highest BCUT2D eigenvalue weighted by Crippen LogP contribution is 2.27. The molecule has 0 aliphatic carbocycles. The number of hydrogen-bond acceptors (Lipinski definition) is 4. The van der Waals surface area contributed by atoms with Gasteiger partial charge < -0.3 is 18.9 Å². The molecule has 6 heteroatoms. The topological polar surface area (TPSA) is 56.6 Å². The van der Waals surface area contributed by atoms with Gasteiger partial charge in [-0.05, 0) is 30.9 Å². The average molecular weight is 329 g/mol. The zero-order chi connectivity index (χ0) is 16.9. The zero-order valence-corrected chi connectivity index (χ0v) is 14.1. The Labute approximate surface area is 142 Å². The fourth-order valence-corrected chi connectivity index (χ4v) is 3.16. The number of ether oxygens (including phenoxy) is 2. The monoisotopic (exact) mass is 329 g/mol. The average Bonchev–Trinajstić information content (AvgIpc) is 3.14. The van der Waals surface area contributed by atoms with Crippen LogP contribution in [-0.2, 0) is 6.54 Å². The van der Waals surface area contributed by atoms with E-state index in [1.807, 2.05) is 17.4 Å². The number of nitrogens with zero attached hydrogens (tertiary/aromatic N) is 3. The van der Waals surface area contributed by atoms with Crippen molar-refractivity contribution in [3.63, 3.8) is 0 Å². The van der Waals surface area contributed by atoms with Crippen molar-refractivity contribution in [3.8, 4) is 11.5 Å². The number of carbonyl (C=O) groups is 1. The minimum atomic E-state index is 0.0237. The van der Waals surface area contributed by atoms with E-state index in [0.29, 0.717) is 23.0 Å². The summed E-state index contributed by atoms with van der Waals surface area (Å²) in [5.74, 6) is 1.85. The number of carbonyl (C=O) groups excluding carboxylic acids is 1. The molecule has 3 rings (SSSR count). The third-order valence-electron chi connectivity index (χ3n) is 4.57. The number of rotatable bonds is 5. The summed E-state index contributed by atoms with van der Waals surface area (Å²) in [5, 5.41) is 0. The van der Waals surface area contributed by atoms with Crippen molar-refractivity contribution in [3.05, 3.63) is 42.5 Å². The lowest BCUT2D eigenvalue weighted by molar-refractivity contribution is 0.0679. The number of imidazole rings is 1. The van der Waals surface area contributed by atoms with Crippen LogP contribution in [0.1, 0.15) is 23.2 Å². The minimum Gasteiger partial charge on any atom is -0.497 e. The highest BCUT2D eigenvalue weighted by molar-refractivity contribution is 5.97. The van der Waals surface area contributed by atoms with Gasteiger partial charge in [0.1, 0.15) is 11.5 Å². The normalized spacial score (nSPS) is 15.3. The first-order valence-electron chi connectivity index (χ1n) is 8.18. The lowest BCUT2D eigenvalue weighted by atomic mass is 9.96. The summed E-state index contributed by atoms with van der Waals surface area (Å²) in [4.78, 5) is 18.8. The van der Waals surface area contributed by atoms with Crippen molar-refractivity contribution >= 4 is 5.91 Å². The van der Waals surface area contributed by atoms with E-state index in [-0.39, 0.29) is 5.91 Å². The molecule has 0 spiro atoms. The second-order valence-electron chi connectivity index (χ2n) is 6.06. The Morgan fingerprint density at radius 1 is 1.25 bits per heavy atom. The van der Waals surface area contributed by atoms with Crippen molar-refractivity contribution in [1.29, 1.82) is 0 Å². The van der Waals surface area contributed by atoms with E-state index >= 15 is 0 Å². The van der Waals surface area contributed by atoms with Crippen LogP contribution in [0.3, 0.4) is 0 Å². The predicted molar refractivity (Wildman–Crippen MR) is 90.4 cm³/mol. The minimum absolute atomic E-state index is 0.0237. The van der Waals surface area contributed by atoms with Crippen LogP contribution in [0.15, 0.2) is 36.9 Å². The number of methoxy groups -OCH3 is 2. The molecule has 0 radical (unpaired) electrons. The van der Waals surface area contributed by atoms with Gasteiger partial charge in [0.15, 0.2) is 0 Å². The molecule has 0 saturated carbocycles. The number of benzene rings is 1. The lowest BCUT2D eigenvalue weighted by Crippen LogP contribution is -2.39. The molecule has 1 aliphatic rings. The van der Waals surface area contributed by atoms with Crippen LogP contribution >= 0.6 is 0 Å². The van der Waals surface area contributed by atoms with Gasteiger partial charge >= 0.3 is 0 Å². The molecule has 1 aromatic heterocycles. The Morgan fingerprint density at radius 3 is 2.67 bits per heavy atom. The number of likely N-dealkylation sites (tertiary alicyclic amines) is 1.